The first-order chi connectivity index (χ1) is 22.2. The fourth-order valence-electron chi connectivity index (χ4n) is 4.27. The zero-order valence-corrected chi connectivity index (χ0v) is 27.1. The first kappa shape index (κ1) is 33.3. The molecule has 0 spiro atoms. The largest absolute Gasteiger partial charge is 0.462 e. The lowest BCUT2D eigenvalue weighted by molar-refractivity contribution is 0.0517. The van der Waals surface area contributed by atoms with Gasteiger partial charge >= 0.3 is 11.9 Å². The van der Waals surface area contributed by atoms with Gasteiger partial charge in [-0.15, -0.1) is 0 Å². The molecule has 4 aromatic carbocycles. The third-order valence-electron chi connectivity index (χ3n) is 6.76. The van der Waals surface area contributed by atoms with Crippen LogP contribution in [-0.4, -0.2) is 65.0 Å². The third kappa shape index (κ3) is 9.18. The molecule has 0 atom stereocenters. The molecule has 0 unspecified atom stereocenters. The highest BCUT2D eigenvalue weighted by molar-refractivity contribution is 6.49. The molecule has 0 aliphatic rings. The minimum absolute atomic E-state index is 0.293. The third-order valence-corrected chi connectivity index (χ3v) is 6.76. The number of anilines is 4. The minimum Gasteiger partial charge on any atom is -0.462 e. The Balaban J connectivity index is 1.80. The Morgan fingerprint density at radius 3 is 1.15 bits per heavy atom. The number of esters is 2. The van der Waals surface area contributed by atoms with E-state index in [-0.39, 0.29) is 0 Å². The zero-order chi connectivity index (χ0) is 33.1. The molecule has 2 N–H and O–H groups in total. The summed E-state index contributed by atoms with van der Waals surface area (Å²) >= 11 is 0. The van der Waals surface area contributed by atoms with Gasteiger partial charge in [0.2, 0.25) is 0 Å². The maximum atomic E-state index is 12.2. The summed E-state index contributed by atoms with van der Waals surface area (Å²) in [6.45, 7) is 4.13. The van der Waals surface area contributed by atoms with Crippen molar-refractivity contribution in [3.63, 3.8) is 0 Å². The van der Waals surface area contributed by atoms with E-state index in [0.29, 0.717) is 47.4 Å². The molecule has 0 heterocycles. The summed E-state index contributed by atoms with van der Waals surface area (Å²) in [4.78, 5) is 38.4. The number of nitrogens with zero attached hydrogens (tertiary/aromatic N) is 4. The van der Waals surface area contributed by atoms with Crippen molar-refractivity contribution in [1.82, 2.24) is 0 Å². The van der Waals surface area contributed by atoms with Gasteiger partial charge in [-0.05, 0) is 111 Å². The average Bonchev–Trinajstić information content (AvgIpc) is 3.05. The Labute approximate surface area is 270 Å². The SMILES string of the molecule is CCOC(=O)c1ccc(N=C(Nc2ccc(N(C)C)cc2)C(=Nc2ccc(C(=O)OCC)cc2)Nc2ccc(N(C)C)cc2)cc1. The highest BCUT2D eigenvalue weighted by atomic mass is 16.5. The molecule has 10 heteroatoms. The quantitative estimate of drug-likeness (QED) is 0.109. The maximum absolute atomic E-state index is 12.2. The van der Waals surface area contributed by atoms with E-state index in [2.05, 4.69) is 10.6 Å². The van der Waals surface area contributed by atoms with Crippen LogP contribution in [0.1, 0.15) is 34.6 Å². The van der Waals surface area contributed by atoms with Crippen LogP contribution in [0.5, 0.6) is 0 Å². The Hall–Kier alpha value is -5.64. The molecule has 0 radical (unpaired) electrons. The van der Waals surface area contributed by atoms with Crippen LogP contribution in [0.4, 0.5) is 34.1 Å². The first-order valence-corrected chi connectivity index (χ1v) is 15.0. The van der Waals surface area contributed by atoms with Crippen LogP contribution >= 0.6 is 0 Å². The van der Waals surface area contributed by atoms with Crippen molar-refractivity contribution in [3.05, 3.63) is 108 Å². The topological polar surface area (TPSA) is 108 Å². The van der Waals surface area contributed by atoms with Crippen LogP contribution in [0.3, 0.4) is 0 Å². The van der Waals surface area contributed by atoms with Gasteiger partial charge in [0.05, 0.1) is 35.7 Å². The fourth-order valence-corrected chi connectivity index (χ4v) is 4.27. The Bertz CT molecular complexity index is 1540. The van der Waals surface area contributed by atoms with Crippen molar-refractivity contribution < 1.29 is 19.1 Å². The molecule has 0 amide bonds. The van der Waals surface area contributed by atoms with E-state index in [1.165, 1.54) is 0 Å². The van der Waals surface area contributed by atoms with Crippen LogP contribution in [0.15, 0.2) is 107 Å². The van der Waals surface area contributed by atoms with Gasteiger partial charge in [0.25, 0.3) is 0 Å². The monoisotopic (exact) mass is 620 g/mol. The standard InChI is InChI=1S/C36H40N6O4/c1-7-45-35(43)25-9-13-27(14-10-25)37-33(39-29-17-21-31(22-18-29)41(3)4)34(40-30-19-23-32(24-20-30)42(5)6)38-28-15-11-26(12-16-28)36(44)46-8-2/h9-24H,7-8H2,1-6H3,(H,37,39)(H,38,40). The predicted octanol–water partition coefficient (Wildman–Crippen LogP) is 7.16. The number of nitrogens with one attached hydrogen (secondary N) is 2. The molecule has 46 heavy (non-hydrogen) atoms. The van der Waals surface area contributed by atoms with Gasteiger partial charge in [-0.3, -0.25) is 0 Å². The summed E-state index contributed by atoms with van der Waals surface area (Å²) in [5.74, 6) is 0.0581. The number of benzene rings is 4. The van der Waals surface area contributed by atoms with E-state index in [4.69, 9.17) is 19.5 Å². The Kier molecular flexibility index (Phi) is 11.5. The van der Waals surface area contributed by atoms with E-state index in [1.807, 2.05) is 86.5 Å². The lowest BCUT2D eigenvalue weighted by Crippen LogP contribution is -2.29. The molecule has 0 aliphatic carbocycles. The van der Waals surface area contributed by atoms with Gasteiger partial charge in [-0.1, -0.05) is 0 Å². The summed E-state index contributed by atoms with van der Waals surface area (Å²) < 4.78 is 10.3. The number of hydrogen-bond acceptors (Lipinski definition) is 8. The molecule has 0 aromatic heterocycles. The molecular formula is C36H40N6O4. The second-order valence-corrected chi connectivity index (χ2v) is 10.6. The normalized spacial score (nSPS) is 11.4. The van der Waals surface area contributed by atoms with Crippen molar-refractivity contribution in [2.24, 2.45) is 9.98 Å². The average molecular weight is 621 g/mol. The summed E-state index contributed by atoms with van der Waals surface area (Å²) in [5.41, 5.74) is 5.74. The van der Waals surface area contributed by atoms with E-state index >= 15 is 0 Å². The first-order valence-electron chi connectivity index (χ1n) is 15.0. The van der Waals surface area contributed by atoms with Crippen LogP contribution in [-0.2, 0) is 9.47 Å². The van der Waals surface area contributed by atoms with E-state index in [1.54, 1.807) is 62.4 Å². The van der Waals surface area contributed by atoms with Gasteiger partial charge < -0.3 is 29.9 Å². The van der Waals surface area contributed by atoms with Gasteiger partial charge in [-0.2, -0.15) is 0 Å². The second-order valence-electron chi connectivity index (χ2n) is 10.6. The second kappa shape index (κ2) is 15.9. The number of carbonyl (C=O) groups excluding carboxylic acids is 2. The Morgan fingerprint density at radius 1 is 0.543 bits per heavy atom. The number of hydrogen-bond donors (Lipinski definition) is 2. The molecule has 4 rings (SSSR count). The molecule has 0 fully saturated rings. The summed E-state index contributed by atoms with van der Waals surface area (Å²) in [6, 6.07) is 29.6. The lowest BCUT2D eigenvalue weighted by Gasteiger charge is -2.18. The molecule has 10 nitrogen and oxygen atoms in total. The molecule has 0 aliphatic heterocycles. The Morgan fingerprint density at radius 2 is 0.870 bits per heavy atom. The van der Waals surface area contributed by atoms with Crippen LogP contribution in [0.25, 0.3) is 0 Å². The summed E-state index contributed by atoms with van der Waals surface area (Å²) in [5, 5.41) is 6.86. The highest BCUT2D eigenvalue weighted by Crippen LogP contribution is 2.22. The van der Waals surface area contributed by atoms with Crippen molar-refractivity contribution in [3.8, 4) is 0 Å². The van der Waals surface area contributed by atoms with Gasteiger partial charge in [0.1, 0.15) is 0 Å². The van der Waals surface area contributed by atoms with E-state index in [9.17, 15) is 9.59 Å². The van der Waals surface area contributed by atoms with Crippen molar-refractivity contribution in [1.29, 1.82) is 0 Å². The van der Waals surface area contributed by atoms with E-state index in [0.717, 1.165) is 22.7 Å². The molecular weight excluding hydrogens is 580 g/mol. The molecule has 0 saturated carbocycles. The van der Waals surface area contributed by atoms with Crippen molar-refractivity contribution in [2.45, 2.75) is 13.8 Å². The minimum atomic E-state index is -0.395. The zero-order valence-electron chi connectivity index (χ0n) is 27.1. The van der Waals surface area contributed by atoms with Gasteiger partial charge in [0, 0.05) is 50.9 Å². The molecule has 0 bridgehead atoms. The summed E-state index contributed by atoms with van der Waals surface area (Å²) in [7, 11) is 7.94. The lowest BCUT2D eigenvalue weighted by atomic mass is 10.2. The predicted molar refractivity (Wildman–Crippen MR) is 188 cm³/mol. The highest BCUT2D eigenvalue weighted by Gasteiger charge is 2.14. The fraction of sp³-hybridized carbons (Fsp3) is 0.222. The maximum Gasteiger partial charge on any atom is 0.338 e. The summed E-state index contributed by atoms with van der Waals surface area (Å²) in [6.07, 6.45) is 0. The number of aliphatic imine (C=N–C) groups is 2. The van der Waals surface area contributed by atoms with E-state index < -0.39 is 11.9 Å². The number of carbonyl (C=O) groups is 2. The number of rotatable bonds is 10. The molecule has 238 valence electrons. The van der Waals surface area contributed by atoms with Crippen LogP contribution < -0.4 is 20.4 Å². The number of amidine groups is 2. The molecule has 4 aromatic rings. The van der Waals surface area contributed by atoms with Crippen molar-refractivity contribution >= 4 is 57.7 Å². The molecule has 0 saturated heterocycles. The smallest absolute Gasteiger partial charge is 0.338 e. The van der Waals surface area contributed by atoms with Gasteiger partial charge in [-0.25, -0.2) is 19.6 Å². The van der Waals surface area contributed by atoms with Crippen LogP contribution in [0, 0.1) is 0 Å². The van der Waals surface area contributed by atoms with Gasteiger partial charge in [0.15, 0.2) is 11.7 Å². The van der Waals surface area contributed by atoms with Crippen molar-refractivity contribution in [2.75, 3.05) is 61.8 Å². The van der Waals surface area contributed by atoms with Crippen LogP contribution in [0.2, 0.25) is 0 Å². The number of ether oxygens (including phenoxy) is 2.